The molecule has 2 aromatic rings. The van der Waals surface area contributed by atoms with Crippen molar-refractivity contribution in [1.82, 2.24) is 10.2 Å². The predicted octanol–water partition coefficient (Wildman–Crippen LogP) is 1.51. The average Bonchev–Trinajstić information content (AvgIpc) is 2.91. The van der Waals surface area contributed by atoms with Crippen LogP contribution in [0.2, 0.25) is 0 Å². The predicted molar refractivity (Wildman–Crippen MR) is 76.7 cm³/mol. The van der Waals surface area contributed by atoms with Gasteiger partial charge in [-0.1, -0.05) is 31.1 Å². The van der Waals surface area contributed by atoms with Crippen LogP contribution >= 0.6 is 0 Å². The first-order valence-corrected chi connectivity index (χ1v) is 8.57. The number of rotatable bonds is 6. The smallest absolute Gasteiger partial charge is 0.336 e. The number of nitrogens with zero attached hydrogens (tertiary/aromatic N) is 2. The van der Waals surface area contributed by atoms with Crippen molar-refractivity contribution >= 4 is 9.84 Å². The Labute approximate surface area is 128 Å². The highest BCUT2D eigenvalue weighted by Gasteiger charge is 2.26. The van der Waals surface area contributed by atoms with E-state index >= 15 is 0 Å². The SMILES string of the molecule is CC(C)C[C@H]([NH3+])c1nnc(S(=O)(=O)Cc2ccc(F)cc2)o1. The third-order valence-corrected chi connectivity index (χ3v) is 4.47. The number of sulfone groups is 1. The summed E-state index contributed by atoms with van der Waals surface area (Å²) in [7, 11) is -3.76. The van der Waals surface area contributed by atoms with Crippen LogP contribution in [0.4, 0.5) is 4.39 Å². The first kappa shape index (κ1) is 16.6. The normalized spacial score (nSPS) is 13.5. The van der Waals surface area contributed by atoms with E-state index in [1.165, 1.54) is 24.3 Å². The van der Waals surface area contributed by atoms with Crippen molar-refractivity contribution in [1.29, 1.82) is 0 Å². The second-order valence-electron chi connectivity index (χ2n) is 5.62. The van der Waals surface area contributed by atoms with Gasteiger partial charge in [0.1, 0.15) is 5.82 Å². The minimum Gasteiger partial charge on any atom is -0.406 e. The lowest BCUT2D eigenvalue weighted by molar-refractivity contribution is -0.435. The summed E-state index contributed by atoms with van der Waals surface area (Å²) in [5.74, 6) is -0.143. The van der Waals surface area contributed by atoms with Gasteiger partial charge >= 0.3 is 5.22 Å². The van der Waals surface area contributed by atoms with Gasteiger partial charge in [0.25, 0.3) is 5.89 Å². The van der Waals surface area contributed by atoms with Gasteiger partial charge in [0.15, 0.2) is 6.04 Å². The molecule has 0 aliphatic carbocycles. The van der Waals surface area contributed by atoms with Gasteiger partial charge in [-0.2, -0.15) is 0 Å². The van der Waals surface area contributed by atoms with Crippen LogP contribution in [0.5, 0.6) is 0 Å². The van der Waals surface area contributed by atoms with Crippen LogP contribution in [0.25, 0.3) is 0 Å². The molecule has 0 saturated carbocycles. The summed E-state index contributed by atoms with van der Waals surface area (Å²) in [6.45, 7) is 4.06. The number of hydrogen-bond donors (Lipinski definition) is 1. The van der Waals surface area contributed by atoms with Gasteiger partial charge in [0.2, 0.25) is 9.84 Å². The lowest BCUT2D eigenvalue weighted by Crippen LogP contribution is -2.54. The van der Waals surface area contributed by atoms with Crippen molar-refractivity contribution in [2.75, 3.05) is 0 Å². The lowest BCUT2D eigenvalue weighted by atomic mass is 10.1. The van der Waals surface area contributed by atoms with E-state index in [1.54, 1.807) is 0 Å². The summed E-state index contributed by atoms with van der Waals surface area (Å²) >= 11 is 0. The molecule has 0 spiro atoms. The molecular formula is C14H19FN3O3S+. The Morgan fingerprint density at radius 2 is 1.86 bits per heavy atom. The third-order valence-electron chi connectivity index (χ3n) is 3.06. The maximum atomic E-state index is 12.8. The van der Waals surface area contributed by atoms with Crippen LogP contribution in [-0.4, -0.2) is 18.6 Å². The molecule has 0 radical (unpaired) electrons. The molecule has 0 aliphatic heterocycles. The lowest BCUT2D eigenvalue weighted by Gasteiger charge is -2.06. The molecule has 1 heterocycles. The van der Waals surface area contributed by atoms with Crippen molar-refractivity contribution in [3.63, 3.8) is 0 Å². The first-order valence-electron chi connectivity index (χ1n) is 6.91. The molecule has 0 saturated heterocycles. The van der Waals surface area contributed by atoms with Gasteiger partial charge < -0.3 is 10.2 Å². The molecule has 120 valence electrons. The topological polar surface area (TPSA) is 101 Å². The van der Waals surface area contributed by atoms with Crippen LogP contribution < -0.4 is 5.73 Å². The fourth-order valence-corrected chi connectivity index (χ4v) is 3.18. The second kappa shape index (κ2) is 6.53. The van der Waals surface area contributed by atoms with Crippen molar-refractivity contribution in [2.45, 2.75) is 37.3 Å². The van der Waals surface area contributed by atoms with Crippen LogP contribution in [0.3, 0.4) is 0 Å². The minimum absolute atomic E-state index is 0.214. The van der Waals surface area contributed by atoms with Crippen LogP contribution in [0.1, 0.15) is 37.8 Å². The van der Waals surface area contributed by atoms with Gasteiger partial charge in [-0.05, 0) is 23.6 Å². The summed E-state index contributed by atoms with van der Waals surface area (Å²) in [5.41, 5.74) is 4.36. The summed E-state index contributed by atoms with van der Waals surface area (Å²) in [5, 5.41) is 6.96. The summed E-state index contributed by atoms with van der Waals surface area (Å²) in [4.78, 5) is 0. The Balaban J connectivity index is 2.16. The molecule has 2 rings (SSSR count). The maximum Gasteiger partial charge on any atom is 0.336 e. The van der Waals surface area contributed by atoms with Crippen molar-refractivity contribution < 1.29 is 23.0 Å². The highest BCUT2D eigenvalue weighted by molar-refractivity contribution is 7.90. The Hall–Kier alpha value is -1.80. The van der Waals surface area contributed by atoms with E-state index in [2.05, 4.69) is 15.9 Å². The quantitative estimate of drug-likeness (QED) is 0.866. The average molecular weight is 328 g/mol. The van der Waals surface area contributed by atoms with Crippen LogP contribution in [0.15, 0.2) is 33.9 Å². The fourth-order valence-electron chi connectivity index (χ4n) is 2.04. The van der Waals surface area contributed by atoms with Gasteiger partial charge in [0.05, 0.1) is 5.75 Å². The molecule has 3 N–H and O–H groups in total. The molecule has 22 heavy (non-hydrogen) atoms. The van der Waals surface area contributed by atoms with Crippen LogP contribution in [-0.2, 0) is 15.6 Å². The Morgan fingerprint density at radius 1 is 1.23 bits per heavy atom. The van der Waals surface area contributed by atoms with Gasteiger partial charge in [0, 0.05) is 6.42 Å². The zero-order valence-electron chi connectivity index (χ0n) is 12.5. The standard InChI is InChI=1S/C14H18FN3O3S/c1-9(2)7-12(16)13-17-18-14(21-13)22(19,20)8-10-3-5-11(15)6-4-10/h3-6,9,12H,7-8,16H2,1-2H3/p+1/t12-/m0/s1. The molecule has 0 bridgehead atoms. The second-order valence-corrected chi connectivity index (χ2v) is 7.49. The molecule has 6 nitrogen and oxygen atoms in total. The van der Waals surface area contributed by atoms with Crippen molar-refractivity contribution in [3.05, 3.63) is 41.5 Å². The Bertz CT molecular complexity index is 726. The van der Waals surface area contributed by atoms with E-state index in [0.29, 0.717) is 11.5 Å². The number of benzene rings is 1. The Morgan fingerprint density at radius 3 is 2.45 bits per heavy atom. The molecule has 0 amide bonds. The molecule has 8 heteroatoms. The molecule has 0 aliphatic rings. The highest BCUT2D eigenvalue weighted by Crippen LogP contribution is 2.20. The molecule has 0 unspecified atom stereocenters. The molecule has 0 fully saturated rings. The maximum absolute atomic E-state index is 12.8. The van der Waals surface area contributed by atoms with E-state index in [-0.39, 0.29) is 17.7 Å². The monoisotopic (exact) mass is 328 g/mol. The van der Waals surface area contributed by atoms with Gasteiger partial charge in [-0.25, -0.2) is 12.8 Å². The number of hydrogen-bond acceptors (Lipinski definition) is 5. The van der Waals surface area contributed by atoms with E-state index in [1.807, 2.05) is 13.8 Å². The minimum atomic E-state index is -3.76. The largest absolute Gasteiger partial charge is 0.406 e. The highest BCUT2D eigenvalue weighted by atomic mass is 32.2. The number of quaternary nitrogens is 1. The van der Waals surface area contributed by atoms with E-state index < -0.39 is 20.9 Å². The zero-order valence-corrected chi connectivity index (χ0v) is 13.3. The van der Waals surface area contributed by atoms with E-state index in [9.17, 15) is 12.8 Å². The first-order chi connectivity index (χ1) is 10.3. The molecule has 1 aromatic heterocycles. The van der Waals surface area contributed by atoms with Gasteiger partial charge in [-0.15, -0.1) is 5.10 Å². The van der Waals surface area contributed by atoms with E-state index in [4.69, 9.17) is 4.42 Å². The summed E-state index contributed by atoms with van der Waals surface area (Å²) in [6.07, 6.45) is 0.722. The third kappa shape index (κ3) is 4.11. The molecule has 1 aromatic carbocycles. The van der Waals surface area contributed by atoms with E-state index in [0.717, 1.165) is 6.42 Å². The molecule has 1 atom stereocenters. The summed E-state index contributed by atoms with van der Waals surface area (Å²) in [6, 6.07) is 4.99. The van der Waals surface area contributed by atoms with Crippen molar-refractivity contribution in [3.8, 4) is 0 Å². The van der Waals surface area contributed by atoms with Crippen molar-refractivity contribution in [2.24, 2.45) is 5.92 Å². The number of aromatic nitrogens is 2. The molecular weight excluding hydrogens is 309 g/mol. The van der Waals surface area contributed by atoms with Crippen LogP contribution in [0, 0.1) is 11.7 Å². The number of halogens is 1. The summed E-state index contributed by atoms with van der Waals surface area (Å²) < 4.78 is 42.6. The van der Waals surface area contributed by atoms with Gasteiger partial charge in [-0.3, -0.25) is 0 Å². The fraction of sp³-hybridized carbons (Fsp3) is 0.429. The zero-order chi connectivity index (χ0) is 16.3. The Kier molecular flexibility index (Phi) is 4.92.